The van der Waals surface area contributed by atoms with Crippen LogP contribution in [0.2, 0.25) is 0 Å². The molecule has 0 saturated carbocycles. The molecule has 0 aromatic heterocycles. The minimum absolute atomic E-state index is 0.138. The van der Waals surface area contributed by atoms with Crippen LogP contribution in [0.5, 0.6) is 0 Å². The summed E-state index contributed by atoms with van der Waals surface area (Å²) in [5.74, 6) is 0.138. The van der Waals surface area contributed by atoms with Gasteiger partial charge in [-0.3, -0.25) is 4.79 Å². The number of amides is 1. The van der Waals surface area contributed by atoms with Gasteiger partial charge < -0.3 is 5.32 Å². The molecule has 0 aliphatic heterocycles. The second-order valence-corrected chi connectivity index (χ2v) is 5.48. The first kappa shape index (κ1) is 15.3. The fraction of sp³-hybridized carbons (Fsp3) is 0.316. The third kappa shape index (κ3) is 5.82. The second-order valence-electron chi connectivity index (χ2n) is 5.48. The van der Waals surface area contributed by atoms with Crippen molar-refractivity contribution in [2.75, 3.05) is 0 Å². The number of rotatable bonds is 7. The van der Waals surface area contributed by atoms with Crippen molar-refractivity contribution in [2.24, 2.45) is 0 Å². The molecule has 0 fully saturated rings. The van der Waals surface area contributed by atoms with Gasteiger partial charge in [0.15, 0.2) is 0 Å². The van der Waals surface area contributed by atoms with Crippen molar-refractivity contribution in [1.82, 2.24) is 5.32 Å². The minimum atomic E-state index is 0.138. The highest BCUT2D eigenvalue weighted by Gasteiger charge is 2.07. The van der Waals surface area contributed by atoms with E-state index in [0.717, 1.165) is 19.3 Å². The van der Waals surface area contributed by atoms with Gasteiger partial charge in [0, 0.05) is 12.5 Å². The van der Waals surface area contributed by atoms with Gasteiger partial charge in [-0.15, -0.1) is 0 Å². The van der Waals surface area contributed by atoms with E-state index in [9.17, 15) is 4.79 Å². The van der Waals surface area contributed by atoms with Crippen molar-refractivity contribution < 1.29 is 4.79 Å². The molecule has 1 unspecified atom stereocenters. The van der Waals surface area contributed by atoms with Gasteiger partial charge in [-0.2, -0.15) is 0 Å². The zero-order chi connectivity index (χ0) is 14.9. The highest BCUT2D eigenvalue weighted by Crippen LogP contribution is 2.06. The van der Waals surface area contributed by atoms with Crippen LogP contribution in [0.3, 0.4) is 0 Å². The molecule has 21 heavy (non-hydrogen) atoms. The summed E-state index contributed by atoms with van der Waals surface area (Å²) < 4.78 is 0. The lowest BCUT2D eigenvalue weighted by molar-refractivity contribution is -0.121. The van der Waals surface area contributed by atoms with Crippen LogP contribution in [-0.2, 0) is 17.6 Å². The Bertz CT molecular complexity index is 536. The molecule has 0 aliphatic rings. The van der Waals surface area contributed by atoms with Crippen LogP contribution in [0, 0.1) is 0 Å². The Morgan fingerprint density at radius 3 is 2.00 bits per heavy atom. The number of hydrogen-bond acceptors (Lipinski definition) is 1. The van der Waals surface area contributed by atoms with Gasteiger partial charge in [0.1, 0.15) is 0 Å². The minimum Gasteiger partial charge on any atom is -0.354 e. The van der Waals surface area contributed by atoms with E-state index >= 15 is 0 Å². The normalized spacial score (nSPS) is 11.9. The Balaban J connectivity index is 1.67. The monoisotopic (exact) mass is 281 g/mol. The number of carbonyl (C=O) groups is 1. The molecule has 2 rings (SSSR count). The molecule has 110 valence electrons. The first-order chi connectivity index (χ1) is 10.2. The number of aryl methyl sites for hydroxylation is 2. The molecule has 1 amide bonds. The van der Waals surface area contributed by atoms with E-state index in [1.807, 2.05) is 24.3 Å². The van der Waals surface area contributed by atoms with Gasteiger partial charge >= 0.3 is 0 Å². The van der Waals surface area contributed by atoms with Crippen LogP contribution in [0.1, 0.15) is 30.9 Å². The number of benzene rings is 2. The van der Waals surface area contributed by atoms with Crippen molar-refractivity contribution in [2.45, 2.75) is 38.6 Å². The second kappa shape index (κ2) is 8.25. The predicted molar refractivity (Wildman–Crippen MR) is 87.1 cm³/mol. The highest BCUT2D eigenvalue weighted by molar-refractivity contribution is 5.76. The van der Waals surface area contributed by atoms with E-state index in [0.29, 0.717) is 6.42 Å². The third-order valence-corrected chi connectivity index (χ3v) is 3.60. The molecule has 2 aromatic carbocycles. The molecule has 2 heteroatoms. The third-order valence-electron chi connectivity index (χ3n) is 3.60. The maximum Gasteiger partial charge on any atom is 0.220 e. The smallest absolute Gasteiger partial charge is 0.220 e. The van der Waals surface area contributed by atoms with Gasteiger partial charge in [-0.05, 0) is 37.3 Å². The molecule has 1 atom stereocenters. The zero-order valence-electron chi connectivity index (χ0n) is 12.6. The first-order valence-corrected chi connectivity index (χ1v) is 7.61. The molecule has 0 radical (unpaired) electrons. The molecule has 2 aromatic rings. The zero-order valence-corrected chi connectivity index (χ0v) is 12.6. The van der Waals surface area contributed by atoms with Crippen LogP contribution in [-0.4, -0.2) is 11.9 Å². The Morgan fingerprint density at radius 2 is 1.43 bits per heavy atom. The Kier molecular flexibility index (Phi) is 6.01. The average Bonchev–Trinajstić information content (AvgIpc) is 2.53. The van der Waals surface area contributed by atoms with E-state index in [1.54, 1.807) is 0 Å². The van der Waals surface area contributed by atoms with E-state index in [2.05, 4.69) is 48.6 Å². The number of hydrogen-bond donors (Lipinski definition) is 1. The molecule has 0 saturated heterocycles. The molecule has 0 heterocycles. The molecular formula is C19H23NO. The summed E-state index contributed by atoms with van der Waals surface area (Å²) >= 11 is 0. The lowest BCUT2D eigenvalue weighted by Gasteiger charge is -2.14. The lowest BCUT2D eigenvalue weighted by atomic mass is 10.1. The summed E-state index contributed by atoms with van der Waals surface area (Å²) in [7, 11) is 0. The van der Waals surface area contributed by atoms with Gasteiger partial charge in [-0.25, -0.2) is 0 Å². The maximum absolute atomic E-state index is 11.9. The summed E-state index contributed by atoms with van der Waals surface area (Å²) in [6.07, 6.45) is 3.33. The summed E-state index contributed by atoms with van der Waals surface area (Å²) in [6.45, 7) is 2.07. The Labute approximate surface area is 127 Å². The maximum atomic E-state index is 11.9. The fourth-order valence-electron chi connectivity index (χ4n) is 2.35. The standard InChI is InChI=1S/C19H23NO/c1-16(12-13-17-8-4-2-5-9-17)20-19(21)15-14-18-10-6-3-7-11-18/h2-11,16H,12-15H2,1H3,(H,20,21). The highest BCUT2D eigenvalue weighted by atomic mass is 16.1. The summed E-state index contributed by atoms with van der Waals surface area (Å²) in [6, 6.07) is 20.7. The van der Waals surface area contributed by atoms with Crippen molar-refractivity contribution in [3.8, 4) is 0 Å². The summed E-state index contributed by atoms with van der Waals surface area (Å²) in [5, 5.41) is 3.08. The van der Waals surface area contributed by atoms with Crippen LogP contribution < -0.4 is 5.32 Å². The summed E-state index contributed by atoms with van der Waals surface area (Å²) in [5.41, 5.74) is 2.53. The van der Waals surface area contributed by atoms with Crippen molar-refractivity contribution in [3.05, 3.63) is 71.8 Å². The molecule has 1 N–H and O–H groups in total. The van der Waals surface area contributed by atoms with Crippen LogP contribution in [0.4, 0.5) is 0 Å². The Morgan fingerprint density at radius 1 is 0.905 bits per heavy atom. The van der Waals surface area contributed by atoms with Crippen LogP contribution in [0.25, 0.3) is 0 Å². The first-order valence-electron chi connectivity index (χ1n) is 7.61. The molecule has 0 aliphatic carbocycles. The van der Waals surface area contributed by atoms with E-state index < -0.39 is 0 Å². The average molecular weight is 281 g/mol. The van der Waals surface area contributed by atoms with Gasteiger partial charge in [0.05, 0.1) is 0 Å². The number of carbonyl (C=O) groups excluding carboxylic acids is 1. The molecular weight excluding hydrogens is 258 g/mol. The summed E-state index contributed by atoms with van der Waals surface area (Å²) in [4.78, 5) is 11.9. The fourth-order valence-corrected chi connectivity index (χ4v) is 2.35. The van der Waals surface area contributed by atoms with E-state index in [1.165, 1.54) is 11.1 Å². The number of nitrogens with one attached hydrogen (secondary N) is 1. The SMILES string of the molecule is CC(CCc1ccccc1)NC(=O)CCc1ccccc1. The van der Waals surface area contributed by atoms with Crippen molar-refractivity contribution in [1.29, 1.82) is 0 Å². The van der Waals surface area contributed by atoms with E-state index in [-0.39, 0.29) is 11.9 Å². The van der Waals surface area contributed by atoms with Crippen molar-refractivity contribution >= 4 is 5.91 Å². The van der Waals surface area contributed by atoms with Gasteiger partial charge in [-0.1, -0.05) is 60.7 Å². The lowest BCUT2D eigenvalue weighted by Crippen LogP contribution is -2.33. The molecule has 2 nitrogen and oxygen atoms in total. The molecule has 0 bridgehead atoms. The van der Waals surface area contributed by atoms with Gasteiger partial charge in [0.25, 0.3) is 0 Å². The topological polar surface area (TPSA) is 29.1 Å². The van der Waals surface area contributed by atoms with Crippen molar-refractivity contribution in [3.63, 3.8) is 0 Å². The van der Waals surface area contributed by atoms with Gasteiger partial charge in [0.2, 0.25) is 5.91 Å². The Hall–Kier alpha value is -2.09. The molecule has 0 spiro atoms. The predicted octanol–water partition coefficient (Wildman–Crippen LogP) is 3.76. The van der Waals surface area contributed by atoms with Crippen LogP contribution in [0.15, 0.2) is 60.7 Å². The largest absolute Gasteiger partial charge is 0.354 e. The van der Waals surface area contributed by atoms with E-state index in [4.69, 9.17) is 0 Å². The van der Waals surface area contributed by atoms with Crippen LogP contribution >= 0.6 is 0 Å². The quantitative estimate of drug-likeness (QED) is 0.822.